The van der Waals surface area contributed by atoms with E-state index >= 15 is 0 Å². The van der Waals surface area contributed by atoms with Gasteiger partial charge in [0.2, 0.25) is 5.91 Å². The first kappa shape index (κ1) is 13.1. The van der Waals surface area contributed by atoms with Gasteiger partial charge in [-0.15, -0.1) is 0 Å². The summed E-state index contributed by atoms with van der Waals surface area (Å²) in [5, 5.41) is 6.33. The first-order chi connectivity index (χ1) is 8.75. The summed E-state index contributed by atoms with van der Waals surface area (Å²) < 4.78 is 5.28. The smallest absolute Gasteiger partial charge is 0.237 e. The summed E-state index contributed by atoms with van der Waals surface area (Å²) in [6.45, 7) is 3.00. The average Bonchev–Trinajstić information content (AvgIpc) is 2.90. The summed E-state index contributed by atoms with van der Waals surface area (Å²) in [6.07, 6.45) is 6.74. The van der Waals surface area contributed by atoms with Crippen LogP contribution >= 0.6 is 0 Å². The number of hydrogen-bond donors (Lipinski definition) is 2. The molecule has 18 heavy (non-hydrogen) atoms. The van der Waals surface area contributed by atoms with Crippen LogP contribution in [0.25, 0.3) is 0 Å². The van der Waals surface area contributed by atoms with E-state index < -0.39 is 0 Å². The molecule has 0 aromatic carbocycles. The number of aryl methyl sites for hydroxylation is 1. The molecule has 100 valence electrons. The lowest BCUT2D eigenvalue weighted by atomic mass is 10.0. The Hall–Kier alpha value is -1.29. The predicted molar refractivity (Wildman–Crippen MR) is 70.3 cm³/mol. The fourth-order valence-electron chi connectivity index (χ4n) is 2.30. The molecule has 4 nitrogen and oxygen atoms in total. The monoisotopic (exact) mass is 250 g/mol. The zero-order chi connectivity index (χ0) is 12.8. The number of furan rings is 1. The lowest BCUT2D eigenvalue weighted by Gasteiger charge is -2.24. The molecular weight excluding hydrogens is 228 g/mol. The van der Waals surface area contributed by atoms with Crippen LogP contribution < -0.4 is 10.6 Å². The van der Waals surface area contributed by atoms with Crippen LogP contribution in [-0.4, -0.2) is 24.5 Å². The third kappa shape index (κ3) is 3.88. The van der Waals surface area contributed by atoms with Gasteiger partial charge >= 0.3 is 0 Å². The molecule has 1 aromatic heterocycles. The summed E-state index contributed by atoms with van der Waals surface area (Å²) in [7, 11) is 0. The Morgan fingerprint density at radius 1 is 1.61 bits per heavy atom. The van der Waals surface area contributed by atoms with Gasteiger partial charge in [0.1, 0.15) is 5.76 Å². The predicted octanol–water partition coefficient (Wildman–Crippen LogP) is 1.86. The van der Waals surface area contributed by atoms with Crippen molar-refractivity contribution >= 4 is 5.91 Å². The molecule has 2 N–H and O–H groups in total. The Kier molecular flexibility index (Phi) is 4.81. The average molecular weight is 250 g/mol. The largest absolute Gasteiger partial charge is 0.469 e. The molecule has 1 aromatic rings. The number of rotatable bonds is 5. The van der Waals surface area contributed by atoms with Gasteiger partial charge in [-0.1, -0.05) is 6.42 Å². The molecule has 1 aliphatic heterocycles. The highest BCUT2D eigenvalue weighted by Gasteiger charge is 2.21. The molecule has 2 heterocycles. The number of carbonyl (C=O) groups is 1. The van der Waals surface area contributed by atoms with E-state index in [1.54, 1.807) is 6.26 Å². The normalized spacial score (nSPS) is 21.5. The lowest BCUT2D eigenvalue weighted by Crippen LogP contribution is -2.49. The molecule has 1 amide bonds. The van der Waals surface area contributed by atoms with E-state index in [4.69, 9.17) is 4.42 Å². The molecule has 0 bridgehead atoms. The second-order valence-electron chi connectivity index (χ2n) is 5.03. The van der Waals surface area contributed by atoms with Crippen LogP contribution in [0.4, 0.5) is 0 Å². The van der Waals surface area contributed by atoms with Gasteiger partial charge in [0.25, 0.3) is 0 Å². The van der Waals surface area contributed by atoms with Crippen molar-refractivity contribution in [2.75, 3.05) is 6.54 Å². The zero-order valence-corrected chi connectivity index (χ0v) is 10.9. The zero-order valence-electron chi connectivity index (χ0n) is 10.9. The van der Waals surface area contributed by atoms with E-state index in [1.807, 2.05) is 19.1 Å². The topological polar surface area (TPSA) is 54.3 Å². The quantitative estimate of drug-likeness (QED) is 0.838. The molecule has 1 fully saturated rings. The molecular formula is C14H22N2O2. The number of nitrogens with one attached hydrogen (secondary N) is 2. The van der Waals surface area contributed by atoms with Crippen molar-refractivity contribution in [3.8, 4) is 0 Å². The van der Waals surface area contributed by atoms with Crippen molar-refractivity contribution < 1.29 is 9.21 Å². The number of hydrogen-bond acceptors (Lipinski definition) is 3. The van der Waals surface area contributed by atoms with Crippen molar-refractivity contribution in [1.29, 1.82) is 0 Å². The SMILES string of the molecule is CC(CCc1ccco1)NC(=O)[C@@H]1CCCCN1. The number of carbonyl (C=O) groups excluding carboxylic acids is 1. The summed E-state index contributed by atoms with van der Waals surface area (Å²) in [5.41, 5.74) is 0. The second kappa shape index (κ2) is 6.59. The van der Waals surface area contributed by atoms with Gasteiger partial charge in [0, 0.05) is 12.5 Å². The minimum atomic E-state index is 0.00446. The van der Waals surface area contributed by atoms with Crippen LogP contribution in [0, 0.1) is 0 Å². The highest BCUT2D eigenvalue weighted by Crippen LogP contribution is 2.09. The van der Waals surface area contributed by atoms with E-state index in [0.717, 1.165) is 38.0 Å². The van der Waals surface area contributed by atoms with Crippen molar-refractivity contribution in [1.82, 2.24) is 10.6 Å². The minimum Gasteiger partial charge on any atom is -0.469 e. The van der Waals surface area contributed by atoms with Crippen molar-refractivity contribution in [2.24, 2.45) is 0 Å². The molecule has 2 atom stereocenters. The Labute approximate surface area is 108 Å². The highest BCUT2D eigenvalue weighted by molar-refractivity contribution is 5.82. The van der Waals surface area contributed by atoms with Crippen LogP contribution in [-0.2, 0) is 11.2 Å². The van der Waals surface area contributed by atoms with E-state index in [0.29, 0.717) is 0 Å². The van der Waals surface area contributed by atoms with Crippen molar-refractivity contribution in [3.05, 3.63) is 24.2 Å². The van der Waals surface area contributed by atoms with E-state index in [1.165, 1.54) is 6.42 Å². The molecule has 1 unspecified atom stereocenters. The maximum absolute atomic E-state index is 12.0. The summed E-state index contributed by atoms with van der Waals surface area (Å²) >= 11 is 0. The Morgan fingerprint density at radius 3 is 3.17 bits per heavy atom. The molecule has 4 heteroatoms. The third-order valence-electron chi connectivity index (χ3n) is 3.42. The van der Waals surface area contributed by atoms with Gasteiger partial charge in [0.15, 0.2) is 0 Å². The van der Waals surface area contributed by atoms with Crippen molar-refractivity contribution in [2.45, 2.75) is 51.1 Å². The van der Waals surface area contributed by atoms with Gasteiger partial charge in [-0.3, -0.25) is 4.79 Å². The van der Waals surface area contributed by atoms with Crippen LogP contribution in [0.3, 0.4) is 0 Å². The van der Waals surface area contributed by atoms with E-state index in [9.17, 15) is 4.79 Å². The maximum atomic E-state index is 12.0. The molecule has 0 spiro atoms. The van der Waals surface area contributed by atoms with Crippen LogP contribution in [0.15, 0.2) is 22.8 Å². The molecule has 2 rings (SSSR count). The highest BCUT2D eigenvalue weighted by atomic mass is 16.3. The van der Waals surface area contributed by atoms with E-state index in [2.05, 4.69) is 10.6 Å². The van der Waals surface area contributed by atoms with Gasteiger partial charge in [-0.25, -0.2) is 0 Å². The molecule has 1 aliphatic rings. The fourth-order valence-corrected chi connectivity index (χ4v) is 2.30. The van der Waals surface area contributed by atoms with Gasteiger partial charge in [-0.2, -0.15) is 0 Å². The second-order valence-corrected chi connectivity index (χ2v) is 5.03. The van der Waals surface area contributed by atoms with E-state index in [-0.39, 0.29) is 18.0 Å². The van der Waals surface area contributed by atoms with Crippen LogP contribution in [0.2, 0.25) is 0 Å². The standard InChI is InChI=1S/C14H22N2O2/c1-11(7-8-12-5-4-10-18-12)16-14(17)13-6-2-3-9-15-13/h4-5,10-11,13,15H,2-3,6-9H2,1H3,(H,16,17)/t11?,13-/m0/s1. The first-order valence-corrected chi connectivity index (χ1v) is 6.82. The summed E-state index contributed by atoms with van der Waals surface area (Å²) in [6, 6.07) is 4.05. The van der Waals surface area contributed by atoms with Crippen molar-refractivity contribution in [3.63, 3.8) is 0 Å². The maximum Gasteiger partial charge on any atom is 0.237 e. The number of amides is 1. The summed E-state index contributed by atoms with van der Waals surface area (Å²) in [5.74, 6) is 1.12. The first-order valence-electron chi connectivity index (χ1n) is 6.82. The van der Waals surface area contributed by atoms with Crippen LogP contribution in [0.1, 0.15) is 38.4 Å². The summed E-state index contributed by atoms with van der Waals surface area (Å²) in [4.78, 5) is 12.0. The fraction of sp³-hybridized carbons (Fsp3) is 0.643. The Balaban J connectivity index is 1.69. The van der Waals surface area contributed by atoms with Crippen LogP contribution in [0.5, 0.6) is 0 Å². The Morgan fingerprint density at radius 2 is 2.50 bits per heavy atom. The van der Waals surface area contributed by atoms with Gasteiger partial charge < -0.3 is 15.1 Å². The third-order valence-corrected chi connectivity index (χ3v) is 3.42. The van der Waals surface area contributed by atoms with Gasteiger partial charge in [-0.05, 0) is 44.9 Å². The minimum absolute atomic E-state index is 0.00446. The molecule has 0 aliphatic carbocycles. The van der Waals surface area contributed by atoms with Gasteiger partial charge in [0.05, 0.1) is 12.3 Å². The molecule has 0 radical (unpaired) electrons. The molecule has 1 saturated heterocycles. The molecule has 0 saturated carbocycles. The number of piperidine rings is 1. The lowest BCUT2D eigenvalue weighted by molar-refractivity contribution is -0.124. The Bertz CT molecular complexity index is 356.